The van der Waals surface area contributed by atoms with Crippen LogP contribution in [0.3, 0.4) is 0 Å². The van der Waals surface area contributed by atoms with Gasteiger partial charge in [-0.3, -0.25) is 4.79 Å². The lowest BCUT2D eigenvalue weighted by molar-refractivity contribution is 0.0361. The number of benzene rings is 1. The number of carbonyl (C=O) groups excluding carboxylic acids is 1. The van der Waals surface area contributed by atoms with Crippen LogP contribution in [0.2, 0.25) is 0 Å². The van der Waals surface area contributed by atoms with E-state index < -0.39 is 10.0 Å². The number of carbonyl (C=O) groups is 1. The van der Waals surface area contributed by atoms with Crippen LogP contribution in [0.4, 0.5) is 0 Å². The zero-order chi connectivity index (χ0) is 18.2. The van der Waals surface area contributed by atoms with E-state index in [1.807, 2.05) is 13.8 Å². The highest BCUT2D eigenvalue weighted by Gasteiger charge is 2.34. The molecular formula is C18H26N2O4S. The Bertz CT molecular complexity index is 756. The van der Waals surface area contributed by atoms with Gasteiger partial charge in [-0.15, -0.1) is 0 Å². The van der Waals surface area contributed by atoms with Crippen LogP contribution in [-0.4, -0.2) is 60.9 Å². The van der Waals surface area contributed by atoms with Gasteiger partial charge in [-0.25, -0.2) is 8.42 Å². The average molecular weight is 366 g/mol. The van der Waals surface area contributed by atoms with Gasteiger partial charge < -0.3 is 10.0 Å². The van der Waals surface area contributed by atoms with Crippen molar-refractivity contribution in [1.82, 2.24) is 9.21 Å². The first-order chi connectivity index (χ1) is 11.8. The standard InChI is InChI=1S/C18H26N2O4S/c1-13-6-7-16(25(23,24)20-8-4-3-5-14(20)2)9-17(13)18(22)19-10-15(11-19)12-21/h6-7,9,14-15,21H,3-5,8,10-12H2,1-2H3/t14-/m1/s1. The molecule has 2 aliphatic heterocycles. The van der Waals surface area contributed by atoms with Gasteiger partial charge in [0.25, 0.3) is 5.91 Å². The van der Waals surface area contributed by atoms with Crippen LogP contribution < -0.4 is 0 Å². The molecule has 1 aromatic carbocycles. The Balaban J connectivity index is 1.87. The molecule has 1 N–H and O–H groups in total. The zero-order valence-electron chi connectivity index (χ0n) is 14.8. The van der Waals surface area contributed by atoms with Gasteiger partial charge in [-0.1, -0.05) is 12.5 Å². The van der Waals surface area contributed by atoms with Gasteiger partial charge >= 0.3 is 0 Å². The van der Waals surface area contributed by atoms with E-state index in [0.717, 1.165) is 24.8 Å². The molecule has 1 aromatic rings. The second-order valence-corrected chi connectivity index (χ2v) is 9.09. The van der Waals surface area contributed by atoms with Crippen molar-refractivity contribution in [2.75, 3.05) is 26.2 Å². The Labute approximate surface area is 149 Å². The number of sulfonamides is 1. The third kappa shape index (κ3) is 3.45. The Morgan fingerprint density at radius 3 is 2.64 bits per heavy atom. The lowest BCUT2D eigenvalue weighted by Gasteiger charge is -2.38. The van der Waals surface area contributed by atoms with Crippen LogP contribution in [-0.2, 0) is 10.0 Å². The van der Waals surface area contributed by atoms with Crippen LogP contribution in [0.1, 0.15) is 42.1 Å². The summed E-state index contributed by atoms with van der Waals surface area (Å²) >= 11 is 0. The molecule has 0 bridgehead atoms. The number of aliphatic hydroxyl groups excluding tert-OH is 1. The van der Waals surface area contributed by atoms with Crippen molar-refractivity contribution < 1.29 is 18.3 Å². The van der Waals surface area contributed by atoms with Crippen molar-refractivity contribution in [2.24, 2.45) is 5.92 Å². The van der Waals surface area contributed by atoms with Gasteiger partial charge in [0.2, 0.25) is 10.0 Å². The molecule has 0 unspecified atom stereocenters. The molecule has 0 radical (unpaired) electrons. The average Bonchev–Trinajstić information content (AvgIpc) is 2.54. The summed E-state index contributed by atoms with van der Waals surface area (Å²) in [5.74, 6) is -0.0312. The highest BCUT2D eigenvalue weighted by atomic mass is 32.2. The molecule has 138 valence electrons. The molecule has 0 saturated carbocycles. The maximum absolute atomic E-state index is 13.0. The second kappa shape index (κ2) is 7.05. The first kappa shape index (κ1) is 18.4. The highest BCUT2D eigenvalue weighted by Crippen LogP contribution is 2.27. The maximum Gasteiger partial charge on any atom is 0.254 e. The summed E-state index contributed by atoms with van der Waals surface area (Å²) < 4.78 is 27.6. The van der Waals surface area contributed by atoms with E-state index >= 15 is 0 Å². The molecule has 7 heteroatoms. The monoisotopic (exact) mass is 366 g/mol. The molecule has 0 aliphatic carbocycles. The van der Waals surface area contributed by atoms with Crippen LogP contribution in [0.25, 0.3) is 0 Å². The summed E-state index contributed by atoms with van der Waals surface area (Å²) in [6, 6.07) is 4.80. The molecule has 0 aromatic heterocycles. The number of aryl methyl sites for hydroxylation is 1. The van der Waals surface area contributed by atoms with Crippen molar-refractivity contribution in [3.05, 3.63) is 29.3 Å². The lowest BCUT2D eigenvalue weighted by Crippen LogP contribution is -2.51. The van der Waals surface area contributed by atoms with E-state index in [2.05, 4.69) is 0 Å². The largest absolute Gasteiger partial charge is 0.396 e. The van der Waals surface area contributed by atoms with Crippen LogP contribution in [0.5, 0.6) is 0 Å². The van der Waals surface area contributed by atoms with Crippen molar-refractivity contribution >= 4 is 15.9 Å². The van der Waals surface area contributed by atoms with Gasteiger partial charge in [0.05, 0.1) is 4.90 Å². The van der Waals surface area contributed by atoms with Crippen molar-refractivity contribution in [3.8, 4) is 0 Å². The van der Waals surface area contributed by atoms with Gasteiger partial charge in [0.1, 0.15) is 0 Å². The molecule has 6 nitrogen and oxygen atoms in total. The maximum atomic E-state index is 13.0. The van der Waals surface area contributed by atoms with Gasteiger partial charge in [-0.05, 0) is 44.4 Å². The zero-order valence-corrected chi connectivity index (χ0v) is 15.6. The molecule has 2 fully saturated rings. The van der Waals surface area contributed by atoms with Crippen molar-refractivity contribution in [2.45, 2.75) is 44.0 Å². The molecule has 0 spiro atoms. The number of rotatable bonds is 4. The highest BCUT2D eigenvalue weighted by molar-refractivity contribution is 7.89. The normalized spacial score (nSPS) is 22.7. The topological polar surface area (TPSA) is 77.9 Å². The fourth-order valence-electron chi connectivity index (χ4n) is 3.58. The summed E-state index contributed by atoms with van der Waals surface area (Å²) in [6.45, 7) is 5.40. The smallest absolute Gasteiger partial charge is 0.254 e. The molecule has 2 aliphatic rings. The van der Waals surface area contributed by atoms with Crippen molar-refractivity contribution in [3.63, 3.8) is 0 Å². The van der Waals surface area contributed by atoms with E-state index in [0.29, 0.717) is 25.2 Å². The predicted molar refractivity (Wildman–Crippen MR) is 94.9 cm³/mol. The number of hydrogen-bond acceptors (Lipinski definition) is 4. The van der Waals surface area contributed by atoms with E-state index in [4.69, 9.17) is 5.11 Å². The number of aliphatic hydroxyl groups is 1. The minimum Gasteiger partial charge on any atom is -0.396 e. The number of likely N-dealkylation sites (tertiary alicyclic amines) is 1. The molecule has 25 heavy (non-hydrogen) atoms. The molecular weight excluding hydrogens is 340 g/mol. The Hall–Kier alpha value is -1.44. The number of nitrogens with zero attached hydrogens (tertiary/aromatic N) is 2. The SMILES string of the molecule is Cc1ccc(S(=O)(=O)N2CCCC[C@H]2C)cc1C(=O)N1CC(CO)C1. The molecule has 1 atom stereocenters. The molecule has 1 amide bonds. The first-order valence-electron chi connectivity index (χ1n) is 8.87. The van der Waals surface area contributed by atoms with E-state index in [-0.39, 0.29) is 29.4 Å². The van der Waals surface area contributed by atoms with E-state index in [9.17, 15) is 13.2 Å². The third-order valence-electron chi connectivity index (χ3n) is 5.29. The summed E-state index contributed by atoms with van der Waals surface area (Å²) in [4.78, 5) is 14.5. The number of piperidine rings is 1. The Kier molecular flexibility index (Phi) is 5.18. The van der Waals surface area contributed by atoms with E-state index in [1.165, 1.54) is 6.07 Å². The summed E-state index contributed by atoms with van der Waals surface area (Å²) in [5.41, 5.74) is 1.20. The minimum absolute atomic E-state index is 0.0140. The molecule has 2 heterocycles. The molecule has 3 rings (SSSR count). The first-order valence-corrected chi connectivity index (χ1v) is 10.3. The van der Waals surface area contributed by atoms with Crippen molar-refractivity contribution in [1.29, 1.82) is 0 Å². The van der Waals surface area contributed by atoms with Gasteiger partial charge in [0, 0.05) is 43.8 Å². The fraction of sp³-hybridized carbons (Fsp3) is 0.611. The van der Waals surface area contributed by atoms with Gasteiger partial charge in [-0.2, -0.15) is 4.31 Å². The summed E-state index contributed by atoms with van der Waals surface area (Å²) in [6.07, 6.45) is 2.79. The number of hydrogen-bond donors (Lipinski definition) is 1. The second-order valence-electron chi connectivity index (χ2n) is 7.20. The Morgan fingerprint density at radius 2 is 2.00 bits per heavy atom. The predicted octanol–water partition coefficient (Wildman–Crippen LogP) is 1.62. The van der Waals surface area contributed by atoms with Gasteiger partial charge in [0.15, 0.2) is 0 Å². The minimum atomic E-state index is -3.59. The lowest BCUT2D eigenvalue weighted by atomic mass is 9.98. The quantitative estimate of drug-likeness (QED) is 0.878. The fourth-order valence-corrected chi connectivity index (χ4v) is 5.30. The van der Waals surface area contributed by atoms with Crippen LogP contribution >= 0.6 is 0 Å². The van der Waals surface area contributed by atoms with Crippen LogP contribution in [0.15, 0.2) is 23.1 Å². The van der Waals surface area contributed by atoms with E-state index in [1.54, 1.807) is 21.3 Å². The third-order valence-corrected chi connectivity index (χ3v) is 7.30. The summed E-state index contributed by atoms with van der Waals surface area (Å²) in [5, 5.41) is 9.11. The molecule has 2 saturated heterocycles. The summed E-state index contributed by atoms with van der Waals surface area (Å²) in [7, 11) is -3.59. The van der Waals surface area contributed by atoms with Crippen LogP contribution in [0, 0.1) is 12.8 Å². The Morgan fingerprint density at radius 1 is 1.28 bits per heavy atom. The number of amides is 1.